The van der Waals surface area contributed by atoms with E-state index < -0.39 is 4.92 Å². The maximum absolute atomic E-state index is 12.1. The summed E-state index contributed by atoms with van der Waals surface area (Å²) in [7, 11) is 0. The Morgan fingerprint density at radius 2 is 2.15 bits per heavy atom. The first kappa shape index (κ1) is 14.5. The number of aryl methyl sites for hydroxylation is 1. The fourth-order valence-electron chi connectivity index (χ4n) is 2.29. The summed E-state index contributed by atoms with van der Waals surface area (Å²) in [6, 6.07) is 4.66. The van der Waals surface area contributed by atoms with Crippen molar-refractivity contribution in [3.8, 4) is 0 Å². The maximum atomic E-state index is 12.1. The summed E-state index contributed by atoms with van der Waals surface area (Å²) >= 11 is 5.58. The van der Waals surface area contributed by atoms with Crippen molar-refractivity contribution < 1.29 is 9.72 Å². The van der Waals surface area contributed by atoms with Crippen LogP contribution < -0.4 is 4.90 Å². The zero-order valence-corrected chi connectivity index (χ0v) is 11.7. The van der Waals surface area contributed by atoms with E-state index in [-0.39, 0.29) is 11.6 Å². The van der Waals surface area contributed by atoms with E-state index >= 15 is 0 Å². The van der Waals surface area contributed by atoms with Gasteiger partial charge in [0.15, 0.2) is 0 Å². The molecule has 106 valence electrons. The number of hydrogen-bond donors (Lipinski definition) is 0. The van der Waals surface area contributed by atoms with Gasteiger partial charge in [-0.25, -0.2) is 0 Å². The smallest absolute Gasteiger partial charge is 0.269 e. The van der Waals surface area contributed by atoms with Crippen LogP contribution in [0.3, 0.4) is 0 Å². The zero-order valence-electron chi connectivity index (χ0n) is 10.9. The van der Waals surface area contributed by atoms with E-state index in [9.17, 15) is 14.9 Å². The van der Waals surface area contributed by atoms with E-state index in [1.54, 1.807) is 23.1 Å². The van der Waals surface area contributed by atoms with Crippen molar-refractivity contribution in [1.82, 2.24) is 0 Å². The van der Waals surface area contributed by atoms with Crippen molar-refractivity contribution in [1.29, 1.82) is 0 Å². The molecule has 1 aromatic carbocycles. The number of allylic oxidation sites excluding steroid dienone is 1. The molecule has 0 saturated heterocycles. The van der Waals surface area contributed by atoms with Crippen LogP contribution in [0.25, 0.3) is 0 Å². The highest BCUT2D eigenvalue weighted by atomic mass is 35.5. The van der Waals surface area contributed by atoms with Crippen LogP contribution >= 0.6 is 11.6 Å². The van der Waals surface area contributed by atoms with E-state index in [1.807, 2.05) is 6.08 Å². The molecule has 20 heavy (non-hydrogen) atoms. The molecule has 5 nitrogen and oxygen atoms in total. The van der Waals surface area contributed by atoms with Crippen molar-refractivity contribution in [3.05, 3.63) is 46.0 Å². The topological polar surface area (TPSA) is 63.4 Å². The number of fused-ring (bicyclic) bond motifs is 1. The maximum Gasteiger partial charge on any atom is 0.269 e. The number of amides is 1. The molecule has 0 bridgehead atoms. The summed E-state index contributed by atoms with van der Waals surface area (Å²) in [5, 5.41) is 10.8. The van der Waals surface area contributed by atoms with Crippen molar-refractivity contribution in [2.75, 3.05) is 17.3 Å². The second-order valence-corrected chi connectivity index (χ2v) is 4.86. The van der Waals surface area contributed by atoms with E-state index in [1.165, 1.54) is 6.07 Å². The third-order valence-electron chi connectivity index (χ3n) is 3.25. The molecule has 0 atom stereocenters. The quantitative estimate of drug-likeness (QED) is 0.371. The van der Waals surface area contributed by atoms with Gasteiger partial charge in [0, 0.05) is 36.7 Å². The molecule has 1 heterocycles. The number of nitro groups is 1. The number of anilines is 1. The van der Waals surface area contributed by atoms with Crippen molar-refractivity contribution in [3.63, 3.8) is 0 Å². The highest BCUT2D eigenvalue weighted by Gasteiger charge is 2.22. The van der Waals surface area contributed by atoms with Gasteiger partial charge in [-0.05, 0) is 24.5 Å². The van der Waals surface area contributed by atoms with Crippen LogP contribution in [-0.2, 0) is 11.2 Å². The molecule has 2 rings (SSSR count). The van der Waals surface area contributed by atoms with Crippen molar-refractivity contribution in [2.24, 2.45) is 0 Å². The lowest BCUT2D eigenvalue weighted by molar-refractivity contribution is -0.384. The number of halogens is 1. The first-order chi connectivity index (χ1) is 9.63. The summed E-state index contributed by atoms with van der Waals surface area (Å²) in [5.74, 6) is 0.437. The Kier molecular flexibility index (Phi) is 4.74. The molecule has 0 spiro atoms. The zero-order chi connectivity index (χ0) is 14.5. The SMILES string of the molecule is O=C1CCCc2cc([N+](=O)[O-])ccc2N1CC=CCCl. The molecule has 6 heteroatoms. The Hall–Kier alpha value is -1.88. The van der Waals surface area contributed by atoms with E-state index in [4.69, 9.17) is 11.6 Å². The lowest BCUT2D eigenvalue weighted by Gasteiger charge is -2.21. The van der Waals surface area contributed by atoms with Crippen molar-refractivity contribution in [2.45, 2.75) is 19.3 Å². The number of alkyl halides is 1. The van der Waals surface area contributed by atoms with Gasteiger partial charge in [0.2, 0.25) is 5.91 Å². The van der Waals surface area contributed by atoms with E-state index in [2.05, 4.69) is 0 Å². The summed E-state index contributed by atoms with van der Waals surface area (Å²) in [5.41, 5.74) is 1.68. The molecule has 0 fully saturated rings. The summed E-state index contributed by atoms with van der Waals surface area (Å²) in [6.45, 7) is 0.441. The molecule has 1 amide bonds. The van der Waals surface area contributed by atoms with Crippen LogP contribution in [-0.4, -0.2) is 23.3 Å². The number of nitrogens with zero attached hydrogens (tertiary/aromatic N) is 2. The summed E-state index contributed by atoms with van der Waals surface area (Å²) in [6.07, 6.45) is 5.46. The van der Waals surface area contributed by atoms with Gasteiger partial charge in [-0.1, -0.05) is 12.2 Å². The molecule has 1 aliphatic rings. The van der Waals surface area contributed by atoms with Gasteiger partial charge in [-0.15, -0.1) is 11.6 Å². The molecule has 0 N–H and O–H groups in total. The van der Waals surface area contributed by atoms with Gasteiger partial charge in [-0.3, -0.25) is 14.9 Å². The van der Waals surface area contributed by atoms with Crippen molar-refractivity contribution >= 4 is 28.9 Å². The second-order valence-electron chi connectivity index (χ2n) is 4.55. The molecule has 0 aromatic heterocycles. The normalized spacial score (nSPS) is 15.2. The lowest BCUT2D eigenvalue weighted by Crippen LogP contribution is -2.30. The minimum atomic E-state index is -0.412. The predicted molar refractivity (Wildman–Crippen MR) is 78.2 cm³/mol. The summed E-state index contributed by atoms with van der Waals surface area (Å²) < 4.78 is 0. The molecule has 0 aliphatic carbocycles. The minimum Gasteiger partial charge on any atom is -0.308 e. The van der Waals surface area contributed by atoms with Crippen LogP contribution in [0.1, 0.15) is 18.4 Å². The van der Waals surface area contributed by atoms with Gasteiger partial charge < -0.3 is 4.90 Å². The Morgan fingerprint density at radius 1 is 1.35 bits per heavy atom. The number of rotatable bonds is 4. The van der Waals surface area contributed by atoms with Crippen LogP contribution in [0.2, 0.25) is 0 Å². The van der Waals surface area contributed by atoms with Gasteiger partial charge in [0.1, 0.15) is 0 Å². The molecular weight excluding hydrogens is 280 g/mol. The molecule has 0 saturated carbocycles. The Morgan fingerprint density at radius 3 is 2.85 bits per heavy atom. The third kappa shape index (κ3) is 3.17. The highest BCUT2D eigenvalue weighted by molar-refractivity contribution is 6.18. The number of carbonyl (C=O) groups is 1. The van der Waals surface area contributed by atoms with Crippen LogP contribution in [0.5, 0.6) is 0 Å². The number of hydrogen-bond acceptors (Lipinski definition) is 3. The molecule has 0 unspecified atom stereocenters. The number of carbonyl (C=O) groups excluding carboxylic acids is 1. The standard InChI is InChI=1S/C14H15ClN2O3/c15-8-1-2-9-16-13-7-6-12(17(19)20)10-11(13)4-3-5-14(16)18/h1-2,6-7,10H,3-5,8-9H2. The molecular formula is C14H15ClN2O3. The highest BCUT2D eigenvalue weighted by Crippen LogP contribution is 2.30. The summed E-state index contributed by atoms with van der Waals surface area (Å²) in [4.78, 5) is 24.2. The monoisotopic (exact) mass is 294 g/mol. The molecule has 0 radical (unpaired) electrons. The Bertz CT molecular complexity index is 557. The number of non-ortho nitro benzene ring substituents is 1. The Labute approximate surface area is 122 Å². The number of benzene rings is 1. The number of nitro benzene ring substituents is 1. The Balaban J connectivity index is 2.36. The first-order valence-corrected chi connectivity index (χ1v) is 6.95. The lowest BCUT2D eigenvalue weighted by atomic mass is 10.1. The van der Waals surface area contributed by atoms with Crippen LogP contribution in [0.15, 0.2) is 30.4 Å². The first-order valence-electron chi connectivity index (χ1n) is 6.42. The van der Waals surface area contributed by atoms with Gasteiger partial charge in [0.25, 0.3) is 5.69 Å². The van der Waals surface area contributed by atoms with Crippen LogP contribution in [0.4, 0.5) is 11.4 Å². The van der Waals surface area contributed by atoms with Gasteiger partial charge in [-0.2, -0.15) is 0 Å². The third-order valence-corrected chi connectivity index (χ3v) is 3.42. The average Bonchev–Trinajstić information content (AvgIpc) is 2.58. The van der Waals surface area contributed by atoms with Crippen LogP contribution in [0, 0.1) is 10.1 Å². The largest absolute Gasteiger partial charge is 0.308 e. The van der Waals surface area contributed by atoms with Gasteiger partial charge >= 0.3 is 0 Å². The predicted octanol–water partition coefficient (Wildman–Crippen LogP) is 3.06. The molecule has 1 aromatic rings. The molecule has 1 aliphatic heterocycles. The van der Waals surface area contributed by atoms with Gasteiger partial charge in [0.05, 0.1) is 4.92 Å². The van der Waals surface area contributed by atoms with E-state index in [0.717, 1.165) is 11.3 Å². The minimum absolute atomic E-state index is 0.0387. The fourth-order valence-corrected chi connectivity index (χ4v) is 2.42. The average molecular weight is 295 g/mol. The van der Waals surface area contributed by atoms with E-state index in [0.29, 0.717) is 31.7 Å². The second kappa shape index (κ2) is 6.52. The fraction of sp³-hybridized carbons (Fsp3) is 0.357.